The van der Waals surface area contributed by atoms with E-state index in [1.807, 2.05) is 0 Å². The highest BCUT2D eigenvalue weighted by Gasteiger charge is 2.39. The Morgan fingerprint density at radius 1 is 1.09 bits per heavy atom. The van der Waals surface area contributed by atoms with Crippen molar-refractivity contribution >= 4 is 5.78 Å². The molecule has 3 N–H and O–H groups in total. The third-order valence-electron chi connectivity index (χ3n) is 3.55. The second-order valence-corrected chi connectivity index (χ2v) is 4.96. The normalized spacial score (nSPS) is 20.2. The Morgan fingerprint density at radius 3 is 2.41 bits per heavy atom. The number of ether oxygens (including phenoxy) is 2. The number of hydrogen-bond acceptors (Lipinski definition) is 6. The maximum atomic E-state index is 12.4. The van der Waals surface area contributed by atoms with Crippen LogP contribution in [-0.2, 0) is 0 Å². The predicted octanol–water partition coefficient (Wildman–Crippen LogP) is 1.78. The molecular formula is C16H14O6. The number of hydrogen-bond donors (Lipinski definition) is 3. The summed E-state index contributed by atoms with van der Waals surface area (Å²) < 4.78 is 10.7. The Hall–Kier alpha value is -2.73. The number of carbonyl (C=O) groups is 1. The van der Waals surface area contributed by atoms with Crippen LogP contribution in [0.25, 0.3) is 0 Å². The highest BCUT2D eigenvalue weighted by atomic mass is 16.5. The minimum absolute atomic E-state index is 0.0695. The summed E-state index contributed by atoms with van der Waals surface area (Å²) in [7, 11) is 1.36. The van der Waals surface area contributed by atoms with E-state index in [0.29, 0.717) is 5.56 Å². The fraction of sp³-hybridized carbons (Fsp3) is 0.188. The Morgan fingerprint density at radius 2 is 1.77 bits per heavy atom. The van der Waals surface area contributed by atoms with Crippen LogP contribution in [0.3, 0.4) is 0 Å². The van der Waals surface area contributed by atoms with E-state index in [2.05, 4.69) is 0 Å². The van der Waals surface area contributed by atoms with Crippen LogP contribution in [0.4, 0.5) is 0 Å². The van der Waals surface area contributed by atoms with Crippen molar-refractivity contribution < 1.29 is 29.6 Å². The van der Waals surface area contributed by atoms with Crippen LogP contribution in [-0.4, -0.2) is 34.3 Å². The molecule has 0 aliphatic carbocycles. The average Bonchev–Trinajstić information content (AvgIpc) is 2.50. The highest BCUT2D eigenvalue weighted by molar-refractivity contribution is 6.05. The van der Waals surface area contributed by atoms with Gasteiger partial charge in [-0.05, 0) is 17.7 Å². The zero-order chi connectivity index (χ0) is 15.9. The number of benzene rings is 2. The van der Waals surface area contributed by atoms with E-state index in [1.54, 1.807) is 12.1 Å². The van der Waals surface area contributed by atoms with Crippen molar-refractivity contribution in [1.82, 2.24) is 0 Å². The molecule has 22 heavy (non-hydrogen) atoms. The molecule has 0 fully saturated rings. The number of carbonyl (C=O) groups excluding carboxylic acids is 1. The summed E-state index contributed by atoms with van der Waals surface area (Å²) in [4.78, 5) is 12.4. The van der Waals surface area contributed by atoms with Crippen molar-refractivity contribution in [3.8, 4) is 23.0 Å². The number of phenols is 2. The van der Waals surface area contributed by atoms with Crippen LogP contribution in [0.5, 0.6) is 23.0 Å². The van der Waals surface area contributed by atoms with Crippen LogP contribution < -0.4 is 9.47 Å². The predicted molar refractivity (Wildman–Crippen MR) is 76.5 cm³/mol. The van der Waals surface area contributed by atoms with Crippen molar-refractivity contribution in [2.24, 2.45) is 0 Å². The van der Waals surface area contributed by atoms with Gasteiger partial charge in [0.05, 0.1) is 7.11 Å². The summed E-state index contributed by atoms with van der Waals surface area (Å²) in [6.07, 6.45) is -2.33. The van der Waals surface area contributed by atoms with Crippen molar-refractivity contribution in [2.75, 3.05) is 7.11 Å². The van der Waals surface area contributed by atoms with Gasteiger partial charge < -0.3 is 24.8 Å². The summed E-state index contributed by atoms with van der Waals surface area (Å²) in [5, 5.41) is 29.2. The molecule has 0 amide bonds. The number of phenolic OH excluding ortho intramolecular Hbond substituents is 2. The summed E-state index contributed by atoms with van der Waals surface area (Å²) in [6, 6.07) is 8.58. The van der Waals surface area contributed by atoms with E-state index in [1.165, 1.54) is 31.4 Å². The molecular weight excluding hydrogens is 288 g/mol. The molecule has 114 valence electrons. The minimum atomic E-state index is -1.41. The largest absolute Gasteiger partial charge is 0.508 e. The second-order valence-electron chi connectivity index (χ2n) is 4.96. The molecule has 0 bridgehead atoms. The zero-order valence-corrected chi connectivity index (χ0v) is 11.7. The lowest BCUT2D eigenvalue weighted by Gasteiger charge is -2.30. The lowest BCUT2D eigenvalue weighted by Crippen LogP contribution is -2.36. The van der Waals surface area contributed by atoms with Crippen molar-refractivity contribution in [3.63, 3.8) is 0 Å². The standard InChI is InChI=1S/C16H14O6/c1-21-11-6-10(18)7-12-13(11)14(19)15(20)16(22-12)8-2-4-9(17)5-3-8/h2-7,15-18,20H,1H3/t15-,16+/m0/s1. The first-order chi connectivity index (χ1) is 10.5. The summed E-state index contributed by atoms with van der Waals surface area (Å²) in [6.45, 7) is 0. The summed E-state index contributed by atoms with van der Waals surface area (Å²) >= 11 is 0. The Balaban J connectivity index is 2.07. The molecule has 6 heteroatoms. The monoisotopic (exact) mass is 302 g/mol. The number of methoxy groups -OCH3 is 1. The maximum absolute atomic E-state index is 12.4. The molecule has 0 radical (unpaired) electrons. The third-order valence-corrected chi connectivity index (χ3v) is 3.55. The number of aromatic hydroxyl groups is 2. The Bertz CT molecular complexity index is 722. The highest BCUT2D eigenvalue weighted by Crippen LogP contribution is 2.42. The molecule has 2 atom stereocenters. The summed E-state index contributed by atoms with van der Waals surface area (Å²) in [5.74, 6) is -0.297. The molecule has 0 unspecified atom stereocenters. The topological polar surface area (TPSA) is 96.2 Å². The smallest absolute Gasteiger partial charge is 0.202 e. The number of aliphatic hydroxyl groups excluding tert-OH is 1. The molecule has 0 aromatic heterocycles. The molecule has 6 nitrogen and oxygen atoms in total. The van der Waals surface area contributed by atoms with Gasteiger partial charge >= 0.3 is 0 Å². The molecule has 1 aliphatic heterocycles. The van der Waals surface area contributed by atoms with Gasteiger partial charge in [0.2, 0.25) is 5.78 Å². The number of ketones is 1. The maximum Gasteiger partial charge on any atom is 0.202 e. The lowest BCUT2D eigenvalue weighted by molar-refractivity contribution is 0.0210. The van der Waals surface area contributed by atoms with E-state index in [-0.39, 0.29) is 28.6 Å². The van der Waals surface area contributed by atoms with Crippen molar-refractivity contribution in [3.05, 3.63) is 47.5 Å². The van der Waals surface area contributed by atoms with Crippen LogP contribution >= 0.6 is 0 Å². The van der Waals surface area contributed by atoms with E-state index >= 15 is 0 Å². The van der Waals surface area contributed by atoms with Gasteiger partial charge in [0, 0.05) is 12.1 Å². The number of aliphatic hydroxyl groups is 1. The van der Waals surface area contributed by atoms with E-state index in [9.17, 15) is 20.1 Å². The fourth-order valence-corrected chi connectivity index (χ4v) is 2.47. The van der Waals surface area contributed by atoms with Crippen molar-refractivity contribution in [1.29, 1.82) is 0 Å². The van der Waals surface area contributed by atoms with Crippen LogP contribution in [0.1, 0.15) is 22.0 Å². The van der Waals surface area contributed by atoms with Gasteiger partial charge in [0.25, 0.3) is 0 Å². The minimum Gasteiger partial charge on any atom is -0.508 e. The first-order valence-electron chi connectivity index (χ1n) is 6.60. The fourth-order valence-electron chi connectivity index (χ4n) is 2.47. The quantitative estimate of drug-likeness (QED) is 0.782. The first kappa shape index (κ1) is 14.2. The van der Waals surface area contributed by atoms with Crippen LogP contribution in [0.15, 0.2) is 36.4 Å². The van der Waals surface area contributed by atoms with Gasteiger partial charge in [-0.3, -0.25) is 4.79 Å². The van der Waals surface area contributed by atoms with E-state index < -0.39 is 18.0 Å². The molecule has 1 heterocycles. The lowest BCUT2D eigenvalue weighted by atomic mass is 9.93. The number of fused-ring (bicyclic) bond motifs is 1. The first-order valence-corrected chi connectivity index (χ1v) is 6.60. The van der Waals surface area contributed by atoms with Gasteiger partial charge in [0.15, 0.2) is 12.2 Å². The van der Waals surface area contributed by atoms with Gasteiger partial charge in [-0.2, -0.15) is 0 Å². The van der Waals surface area contributed by atoms with Gasteiger partial charge in [-0.25, -0.2) is 0 Å². The second kappa shape index (κ2) is 5.23. The van der Waals surface area contributed by atoms with Gasteiger partial charge in [-0.1, -0.05) is 12.1 Å². The molecule has 1 aliphatic rings. The number of rotatable bonds is 2. The van der Waals surface area contributed by atoms with Crippen LogP contribution in [0.2, 0.25) is 0 Å². The molecule has 0 spiro atoms. The van der Waals surface area contributed by atoms with Crippen LogP contribution in [0, 0.1) is 0 Å². The molecule has 3 rings (SSSR count). The molecule has 2 aromatic rings. The number of Topliss-reactive ketones (excluding diaryl/α,β-unsaturated/α-hetero) is 1. The van der Waals surface area contributed by atoms with E-state index in [4.69, 9.17) is 9.47 Å². The summed E-state index contributed by atoms with van der Waals surface area (Å²) in [5.41, 5.74) is 0.634. The van der Waals surface area contributed by atoms with Gasteiger partial charge in [-0.15, -0.1) is 0 Å². The Kier molecular flexibility index (Phi) is 3.38. The molecule has 0 saturated carbocycles. The average molecular weight is 302 g/mol. The SMILES string of the molecule is COc1cc(O)cc2c1C(=O)[C@H](O)[C@@H](c1ccc(O)cc1)O2. The van der Waals surface area contributed by atoms with Crippen molar-refractivity contribution in [2.45, 2.75) is 12.2 Å². The molecule has 0 saturated heterocycles. The zero-order valence-electron chi connectivity index (χ0n) is 11.7. The van der Waals surface area contributed by atoms with Gasteiger partial charge in [0.1, 0.15) is 28.6 Å². The Labute approximate surface area is 126 Å². The molecule has 2 aromatic carbocycles. The van der Waals surface area contributed by atoms with E-state index in [0.717, 1.165) is 0 Å². The third kappa shape index (κ3) is 2.23.